The molecule has 0 fully saturated rings. The molecule has 0 saturated carbocycles. The van der Waals surface area contributed by atoms with Gasteiger partial charge in [-0.05, 0) is 0 Å². The Morgan fingerprint density at radius 3 is 1.20 bits per heavy atom. The molecule has 0 amide bonds. The van der Waals surface area contributed by atoms with Gasteiger partial charge in [0.25, 0.3) is 0 Å². The van der Waals surface area contributed by atoms with Crippen LogP contribution < -0.4 is 34.2 Å². The molecule has 0 rings (SSSR count). The fourth-order valence-electron chi connectivity index (χ4n) is 0.0544. The van der Waals surface area contributed by atoms with Gasteiger partial charge in [-0.1, -0.05) is 0 Å². The third kappa shape index (κ3) is 23.0. The van der Waals surface area contributed by atoms with Crippen LogP contribution in [0.15, 0.2) is 0 Å². The summed E-state index contributed by atoms with van der Waals surface area (Å²) in [5.74, 6) is 0. The number of hydrogen-bond acceptors (Lipinski definition) is 6. The molecule has 0 N–H and O–H groups in total. The predicted molar refractivity (Wildman–Crippen MR) is 23.5 cm³/mol. The van der Waals surface area contributed by atoms with E-state index in [0.717, 1.165) is 0 Å². The third-order valence-electron chi connectivity index (χ3n) is 0.133. The van der Waals surface area contributed by atoms with Crippen LogP contribution in [0.1, 0.15) is 0 Å². The van der Waals surface area contributed by atoms with Crippen LogP contribution in [0.3, 0.4) is 0 Å². The van der Waals surface area contributed by atoms with Crippen molar-refractivity contribution < 1.29 is 56.8 Å². The van der Waals surface area contributed by atoms with Crippen LogP contribution >= 0.6 is 27.7 Å². The van der Waals surface area contributed by atoms with E-state index in [2.05, 4.69) is 16.2 Å². The molecule has 0 aromatic rings. The first-order valence-electron chi connectivity index (χ1n) is 1.25. The maximum Gasteiger partial charge on any atom is 1.00 e. The zero-order valence-corrected chi connectivity index (χ0v) is 9.27. The zero-order valence-electron chi connectivity index (χ0n) is 4.72. The molecule has 0 atom stereocenters. The zero-order chi connectivity index (χ0) is 7.86. The molecule has 0 aliphatic carbocycles. The van der Waals surface area contributed by atoms with Crippen molar-refractivity contribution in [2.24, 2.45) is 0 Å². The first kappa shape index (κ1) is 17.2. The second-order valence-corrected chi connectivity index (χ2v) is 2.08. The quantitative estimate of drug-likeness (QED) is 0.379. The third-order valence-corrected chi connectivity index (χ3v) is 1.20. The Morgan fingerprint density at radius 2 is 1.20 bits per heavy atom. The molecule has 0 saturated heterocycles. The smallest absolute Gasteiger partial charge is 0.769 e. The van der Waals surface area contributed by atoms with Crippen molar-refractivity contribution in [3.05, 3.63) is 0 Å². The Morgan fingerprint density at radius 1 is 1.00 bits per heavy atom. The van der Waals surface area contributed by atoms with Crippen molar-refractivity contribution in [1.82, 2.24) is 0 Å². The molecule has 10 heteroatoms. The van der Waals surface area contributed by atoms with Gasteiger partial charge in [-0.15, -0.1) is 0 Å². The summed E-state index contributed by atoms with van der Waals surface area (Å²) >= 11 is 3.39. The molecular formula is ClNaO6P2. The topological polar surface area (TPSA) is 101 Å². The number of halogens is 1. The van der Waals surface area contributed by atoms with E-state index in [-0.39, 0.29) is 29.6 Å². The van der Waals surface area contributed by atoms with Crippen LogP contribution in [-0.4, -0.2) is 0 Å². The maximum atomic E-state index is 9.24. The normalized spacial score (nSPS) is 6.20. The van der Waals surface area contributed by atoms with Gasteiger partial charge in [0.2, 0.25) is 0 Å². The molecule has 6 nitrogen and oxygen atoms in total. The predicted octanol–water partition coefficient (Wildman–Crippen LogP) is -2.32. The van der Waals surface area contributed by atoms with Crippen molar-refractivity contribution in [3.63, 3.8) is 0 Å². The van der Waals surface area contributed by atoms with E-state index in [1.807, 2.05) is 0 Å². The van der Waals surface area contributed by atoms with Crippen LogP contribution in [0.25, 0.3) is 0 Å². The summed E-state index contributed by atoms with van der Waals surface area (Å²) in [6.45, 7) is 0. The van der Waals surface area contributed by atoms with Crippen molar-refractivity contribution in [2.75, 3.05) is 0 Å². The molecule has 0 spiro atoms. The molecule has 0 aromatic carbocycles. The molecule has 0 unspecified atom stereocenters. The molecule has 10 heavy (non-hydrogen) atoms. The summed E-state index contributed by atoms with van der Waals surface area (Å²) in [7, 11) is -6.47. The van der Waals surface area contributed by atoms with Crippen molar-refractivity contribution in [2.45, 2.75) is 0 Å². The van der Waals surface area contributed by atoms with Crippen LogP contribution in [0.5, 0.6) is 0 Å². The monoisotopic (exact) mass is 216 g/mol. The minimum absolute atomic E-state index is 0. The summed E-state index contributed by atoms with van der Waals surface area (Å²) in [6, 6.07) is 0. The van der Waals surface area contributed by atoms with E-state index in [1.165, 1.54) is 0 Å². The first-order valence-corrected chi connectivity index (χ1v) is 3.75. The molecule has 0 aromatic heterocycles. The number of hydrogen-bond donors (Lipinski definition) is 0. The fourth-order valence-corrected chi connectivity index (χ4v) is 0.490. The molecule has 54 valence electrons. The van der Waals surface area contributed by atoms with Gasteiger partial charge in [-0.3, -0.25) is 0 Å². The summed E-state index contributed by atoms with van der Waals surface area (Å²) < 4.78 is 47.8. The molecule has 0 aliphatic heterocycles. The molecule has 0 bridgehead atoms. The van der Waals surface area contributed by atoms with Gasteiger partial charge in [-0.25, -0.2) is 30.1 Å². The van der Waals surface area contributed by atoms with E-state index in [1.54, 1.807) is 0 Å². The molecular weight excluding hydrogens is 216 g/mol. The first-order chi connectivity index (χ1) is 4.13. The van der Waals surface area contributed by atoms with Crippen LogP contribution in [0.2, 0.25) is 0 Å². The number of rotatable bonds is 2. The van der Waals surface area contributed by atoms with Gasteiger partial charge in [-0.2, -0.15) is 4.31 Å². The minimum atomic E-state index is -3.24. The SMILES string of the molecule is O=P(=O)OP(=O)=O.[Na+].[O-]Cl. The summed E-state index contributed by atoms with van der Waals surface area (Å²) in [6.07, 6.45) is 0. The van der Waals surface area contributed by atoms with Crippen LogP contribution in [-0.2, 0) is 22.6 Å². The Balaban J connectivity index is -0.000000149. The minimum Gasteiger partial charge on any atom is -0.769 e. The van der Waals surface area contributed by atoms with Crippen LogP contribution in [0.4, 0.5) is 0 Å². The summed E-state index contributed by atoms with van der Waals surface area (Å²) in [4.78, 5) is 0. The van der Waals surface area contributed by atoms with Gasteiger partial charge in [0.1, 0.15) is 0 Å². The average Bonchev–Trinajstić information content (AvgIpc) is 1.68. The summed E-state index contributed by atoms with van der Waals surface area (Å²) in [5, 5.41) is 0. The maximum absolute atomic E-state index is 9.24. The standard InChI is InChI=1S/ClO.Na.O5P2/c1-2;;1-6(2)5-7(3)4/q-1;+1;. The Kier molecular flexibility index (Phi) is 21.8. The van der Waals surface area contributed by atoms with Gasteiger partial charge in [0.05, 0.1) is 0 Å². The second-order valence-electron chi connectivity index (χ2n) is 0.529. The van der Waals surface area contributed by atoms with E-state index in [0.29, 0.717) is 0 Å². The van der Waals surface area contributed by atoms with E-state index in [9.17, 15) is 18.3 Å². The van der Waals surface area contributed by atoms with Gasteiger partial charge < -0.3 is 4.66 Å². The van der Waals surface area contributed by atoms with Crippen molar-refractivity contribution in [3.8, 4) is 0 Å². The van der Waals surface area contributed by atoms with Gasteiger partial charge >= 0.3 is 45.4 Å². The average molecular weight is 216 g/mol. The Hall–Kier alpha value is 1.01. The Bertz CT molecular complexity index is 144. The van der Waals surface area contributed by atoms with Crippen molar-refractivity contribution in [1.29, 1.82) is 0 Å². The largest absolute Gasteiger partial charge is 1.00 e. The fraction of sp³-hybridized carbons (Fsp3) is 0. The Labute approximate surface area is 84.2 Å². The van der Waals surface area contributed by atoms with Crippen LogP contribution in [0, 0.1) is 0 Å². The molecule has 0 heterocycles. The van der Waals surface area contributed by atoms with E-state index in [4.69, 9.17) is 4.66 Å². The van der Waals surface area contributed by atoms with Gasteiger partial charge in [0, 0.05) is 0 Å². The molecule has 0 radical (unpaired) electrons. The summed E-state index contributed by atoms with van der Waals surface area (Å²) in [5.41, 5.74) is 0. The van der Waals surface area contributed by atoms with E-state index >= 15 is 0 Å². The van der Waals surface area contributed by atoms with Gasteiger partial charge in [0.15, 0.2) is 0 Å². The van der Waals surface area contributed by atoms with Crippen molar-refractivity contribution >= 4 is 27.7 Å². The molecule has 0 aliphatic rings. The van der Waals surface area contributed by atoms with E-state index < -0.39 is 15.8 Å². The second kappa shape index (κ2) is 12.7.